The van der Waals surface area contributed by atoms with E-state index in [1.807, 2.05) is 24.1 Å². The molecule has 4 heteroatoms. The molecular formula is C17H23N3O. The first-order valence-electron chi connectivity index (χ1n) is 7.37. The van der Waals surface area contributed by atoms with E-state index in [4.69, 9.17) is 10.5 Å². The summed E-state index contributed by atoms with van der Waals surface area (Å²) in [7, 11) is 1.99. The van der Waals surface area contributed by atoms with E-state index in [2.05, 4.69) is 43.1 Å². The van der Waals surface area contributed by atoms with Gasteiger partial charge in [-0.1, -0.05) is 26.0 Å². The molecule has 0 saturated heterocycles. The molecule has 0 spiro atoms. The van der Waals surface area contributed by atoms with Crippen LogP contribution >= 0.6 is 0 Å². The second-order valence-corrected chi connectivity index (χ2v) is 4.99. The third-order valence-corrected chi connectivity index (χ3v) is 3.39. The molecule has 0 atom stereocenters. The molecule has 1 aromatic heterocycles. The predicted octanol–water partition coefficient (Wildman–Crippen LogP) is 3.78. The van der Waals surface area contributed by atoms with E-state index in [0.29, 0.717) is 18.2 Å². The number of ether oxygens (including phenoxy) is 1. The first-order valence-corrected chi connectivity index (χ1v) is 7.37. The van der Waals surface area contributed by atoms with Crippen LogP contribution in [0.25, 0.3) is 0 Å². The van der Waals surface area contributed by atoms with Gasteiger partial charge in [0.2, 0.25) is 5.88 Å². The largest absolute Gasteiger partial charge is 0.476 e. The lowest BCUT2D eigenvalue weighted by Gasteiger charge is -2.20. The van der Waals surface area contributed by atoms with Gasteiger partial charge in [-0.25, -0.2) is 0 Å². The summed E-state index contributed by atoms with van der Waals surface area (Å²) in [6.07, 6.45) is 1.97. The van der Waals surface area contributed by atoms with E-state index in [1.54, 1.807) is 0 Å². The molecule has 0 unspecified atom stereocenters. The van der Waals surface area contributed by atoms with Crippen molar-refractivity contribution in [3.8, 4) is 5.88 Å². The highest BCUT2D eigenvalue weighted by molar-refractivity contribution is 5.63. The number of hydrogen-bond acceptors (Lipinski definition) is 4. The Morgan fingerprint density at radius 1 is 1.10 bits per heavy atom. The van der Waals surface area contributed by atoms with Gasteiger partial charge in [0.15, 0.2) is 0 Å². The van der Waals surface area contributed by atoms with Crippen LogP contribution in [0, 0.1) is 0 Å². The molecule has 1 heterocycles. The van der Waals surface area contributed by atoms with Crippen LogP contribution < -0.4 is 15.4 Å². The summed E-state index contributed by atoms with van der Waals surface area (Å²) in [4.78, 5) is 6.53. The molecular weight excluding hydrogens is 262 g/mol. The summed E-state index contributed by atoms with van der Waals surface area (Å²) in [5, 5.41) is 0. The summed E-state index contributed by atoms with van der Waals surface area (Å²) >= 11 is 0. The van der Waals surface area contributed by atoms with Crippen molar-refractivity contribution in [1.82, 2.24) is 4.98 Å². The highest BCUT2D eigenvalue weighted by atomic mass is 16.5. The number of nitrogens with two attached hydrogens (primary N) is 1. The number of pyridine rings is 1. The molecule has 0 aliphatic heterocycles. The summed E-state index contributed by atoms with van der Waals surface area (Å²) in [6, 6.07) is 12.2. The molecule has 2 rings (SSSR count). The number of aryl methyl sites for hydroxylation is 1. The van der Waals surface area contributed by atoms with Crippen LogP contribution in [0.5, 0.6) is 5.88 Å². The van der Waals surface area contributed by atoms with Crippen LogP contribution in [0.1, 0.15) is 25.8 Å². The normalized spacial score (nSPS) is 10.4. The molecule has 21 heavy (non-hydrogen) atoms. The van der Waals surface area contributed by atoms with Gasteiger partial charge in [-0.3, -0.25) is 0 Å². The summed E-state index contributed by atoms with van der Waals surface area (Å²) in [5.41, 5.74) is 8.88. The quantitative estimate of drug-likeness (QED) is 0.877. The van der Waals surface area contributed by atoms with Crippen LogP contribution in [0.4, 0.5) is 17.2 Å². The van der Waals surface area contributed by atoms with Gasteiger partial charge in [0, 0.05) is 12.7 Å². The summed E-state index contributed by atoms with van der Waals surface area (Å²) in [6.45, 7) is 4.83. The van der Waals surface area contributed by atoms with Crippen molar-refractivity contribution < 1.29 is 4.74 Å². The van der Waals surface area contributed by atoms with Crippen LogP contribution in [0.2, 0.25) is 0 Å². The number of nitrogen functional groups attached to an aromatic ring is 1. The Morgan fingerprint density at radius 3 is 2.43 bits per heavy atom. The summed E-state index contributed by atoms with van der Waals surface area (Å²) < 4.78 is 5.59. The second-order valence-electron chi connectivity index (χ2n) is 4.99. The number of nitrogens with zero attached hydrogens (tertiary/aromatic N) is 2. The molecule has 112 valence electrons. The van der Waals surface area contributed by atoms with Crippen LogP contribution in [0.3, 0.4) is 0 Å². The maximum absolute atomic E-state index is 5.90. The fourth-order valence-corrected chi connectivity index (χ4v) is 2.03. The van der Waals surface area contributed by atoms with Gasteiger partial charge in [-0.2, -0.15) is 4.98 Å². The SMILES string of the molecule is CCCOc1nc(N(C)c2ccc(CC)cc2)ccc1N. The van der Waals surface area contributed by atoms with Gasteiger partial charge in [-0.05, 0) is 42.7 Å². The van der Waals surface area contributed by atoms with Gasteiger partial charge in [0.05, 0.1) is 12.3 Å². The van der Waals surface area contributed by atoms with Gasteiger partial charge < -0.3 is 15.4 Å². The van der Waals surface area contributed by atoms with Gasteiger partial charge >= 0.3 is 0 Å². The maximum atomic E-state index is 5.90. The minimum absolute atomic E-state index is 0.506. The molecule has 0 radical (unpaired) electrons. The second kappa shape index (κ2) is 6.97. The third kappa shape index (κ3) is 3.66. The fourth-order valence-electron chi connectivity index (χ4n) is 2.03. The van der Waals surface area contributed by atoms with E-state index in [1.165, 1.54) is 5.56 Å². The number of anilines is 3. The topological polar surface area (TPSA) is 51.4 Å². The van der Waals surface area contributed by atoms with E-state index in [0.717, 1.165) is 24.3 Å². The monoisotopic (exact) mass is 285 g/mol. The van der Waals surface area contributed by atoms with Crippen molar-refractivity contribution in [2.45, 2.75) is 26.7 Å². The number of rotatable bonds is 6. The Kier molecular flexibility index (Phi) is 5.04. The molecule has 0 bridgehead atoms. The first-order chi connectivity index (χ1) is 10.2. The van der Waals surface area contributed by atoms with E-state index in [-0.39, 0.29) is 0 Å². The van der Waals surface area contributed by atoms with Crippen molar-refractivity contribution in [3.05, 3.63) is 42.0 Å². The number of aromatic nitrogens is 1. The average molecular weight is 285 g/mol. The standard InChI is InChI=1S/C17H23N3O/c1-4-12-21-17-15(18)10-11-16(19-17)20(3)14-8-6-13(5-2)7-9-14/h6-11H,4-5,12,18H2,1-3H3. The van der Waals surface area contributed by atoms with E-state index >= 15 is 0 Å². The Labute approximate surface area is 126 Å². The van der Waals surface area contributed by atoms with Crippen molar-refractivity contribution in [3.63, 3.8) is 0 Å². The minimum atomic E-state index is 0.506. The van der Waals surface area contributed by atoms with Gasteiger partial charge in [0.25, 0.3) is 0 Å². The lowest BCUT2D eigenvalue weighted by Crippen LogP contribution is -2.12. The van der Waals surface area contributed by atoms with Gasteiger partial charge in [0.1, 0.15) is 5.82 Å². The molecule has 0 fully saturated rings. The number of benzene rings is 1. The van der Waals surface area contributed by atoms with Crippen LogP contribution in [-0.2, 0) is 6.42 Å². The Hall–Kier alpha value is -2.23. The third-order valence-electron chi connectivity index (χ3n) is 3.39. The minimum Gasteiger partial charge on any atom is -0.476 e. The molecule has 0 aliphatic rings. The smallest absolute Gasteiger partial charge is 0.239 e. The lowest BCUT2D eigenvalue weighted by atomic mass is 10.1. The summed E-state index contributed by atoms with van der Waals surface area (Å²) in [5.74, 6) is 1.32. The zero-order valence-corrected chi connectivity index (χ0v) is 13.0. The van der Waals surface area contributed by atoms with Crippen molar-refractivity contribution in [1.29, 1.82) is 0 Å². The molecule has 0 aliphatic carbocycles. The lowest BCUT2D eigenvalue weighted by molar-refractivity contribution is 0.307. The highest BCUT2D eigenvalue weighted by Crippen LogP contribution is 2.27. The zero-order chi connectivity index (χ0) is 15.2. The molecule has 1 aromatic carbocycles. The average Bonchev–Trinajstić information content (AvgIpc) is 2.53. The molecule has 2 N–H and O–H groups in total. The van der Waals surface area contributed by atoms with Gasteiger partial charge in [-0.15, -0.1) is 0 Å². The van der Waals surface area contributed by atoms with E-state index < -0.39 is 0 Å². The Bertz CT molecular complexity index is 581. The van der Waals surface area contributed by atoms with Crippen LogP contribution in [-0.4, -0.2) is 18.6 Å². The molecule has 2 aromatic rings. The fraction of sp³-hybridized carbons (Fsp3) is 0.353. The molecule has 0 amide bonds. The number of hydrogen-bond donors (Lipinski definition) is 1. The zero-order valence-electron chi connectivity index (χ0n) is 13.0. The first kappa shape index (κ1) is 15.2. The van der Waals surface area contributed by atoms with E-state index in [9.17, 15) is 0 Å². The molecule has 0 saturated carbocycles. The van der Waals surface area contributed by atoms with Crippen molar-refractivity contribution >= 4 is 17.2 Å². The van der Waals surface area contributed by atoms with Crippen molar-refractivity contribution in [2.24, 2.45) is 0 Å². The highest BCUT2D eigenvalue weighted by Gasteiger charge is 2.09. The Balaban J connectivity index is 2.23. The molecule has 4 nitrogen and oxygen atoms in total. The van der Waals surface area contributed by atoms with Crippen molar-refractivity contribution in [2.75, 3.05) is 24.3 Å². The predicted molar refractivity (Wildman–Crippen MR) is 88.3 cm³/mol. The van der Waals surface area contributed by atoms with Crippen LogP contribution in [0.15, 0.2) is 36.4 Å². The maximum Gasteiger partial charge on any atom is 0.239 e. The Morgan fingerprint density at radius 2 is 1.81 bits per heavy atom.